The SMILES string of the molecule is Cc1c2c(cc3ccccc13)Oc1cc3c4ccccc4oc3c3cc(C)[n+](C)c-2c13. The molecule has 0 bridgehead atoms. The Kier molecular flexibility index (Phi) is 3.07. The van der Waals surface area contributed by atoms with Crippen LogP contribution in [0.3, 0.4) is 0 Å². The third kappa shape index (κ3) is 2.05. The molecule has 0 atom stereocenters. The lowest BCUT2D eigenvalue weighted by atomic mass is 9.91. The minimum atomic E-state index is 0.891. The van der Waals surface area contributed by atoms with Gasteiger partial charge in [0.1, 0.15) is 35.1 Å². The zero-order valence-corrected chi connectivity index (χ0v) is 17.6. The molecule has 0 N–H and O–H groups in total. The van der Waals surface area contributed by atoms with Gasteiger partial charge in [-0.25, -0.2) is 0 Å². The van der Waals surface area contributed by atoms with E-state index in [-0.39, 0.29) is 0 Å². The molecule has 2 aromatic heterocycles. The third-order valence-electron chi connectivity index (χ3n) is 6.85. The molecule has 0 fully saturated rings. The van der Waals surface area contributed by atoms with E-state index in [4.69, 9.17) is 9.15 Å². The van der Waals surface area contributed by atoms with Gasteiger partial charge in [0.15, 0.2) is 5.69 Å². The first-order chi connectivity index (χ1) is 15.1. The molecular weight excluding hydrogens is 382 g/mol. The number of ether oxygens (including phenoxy) is 1. The summed E-state index contributed by atoms with van der Waals surface area (Å²) in [4.78, 5) is 0. The summed E-state index contributed by atoms with van der Waals surface area (Å²) in [5.41, 5.74) is 6.61. The number of aryl methyl sites for hydroxylation is 2. The summed E-state index contributed by atoms with van der Waals surface area (Å²) in [6.45, 7) is 4.35. The second-order valence-electron chi connectivity index (χ2n) is 8.53. The molecular formula is C28H20NO2+. The van der Waals surface area contributed by atoms with Gasteiger partial charge in [-0.1, -0.05) is 42.5 Å². The van der Waals surface area contributed by atoms with Crippen molar-refractivity contribution >= 4 is 43.5 Å². The van der Waals surface area contributed by atoms with Crippen LogP contribution < -0.4 is 9.30 Å². The van der Waals surface area contributed by atoms with Crippen LogP contribution >= 0.6 is 0 Å². The molecule has 148 valence electrons. The largest absolute Gasteiger partial charge is 0.455 e. The average Bonchev–Trinajstić information content (AvgIpc) is 3.15. The maximum atomic E-state index is 6.60. The van der Waals surface area contributed by atoms with Crippen molar-refractivity contribution in [1.29, 1.82) is 0 Å². The first-order valence-electron chi connectivity index (χ1n) is 10.6. The number of rotatable bonds is 0. The quantitative estimate of drug-likeness (QED) is 0.253. The third-order valence-corrected chi connectivity index (χ3v) is 6.85. The molecule has 0 spiro atoms. The Bertz CT molecular complexity index is 1740. The lowest BCUT2D eigenvalue weighted by molar-refractivity contribution is -0.665. The van der Waals surface area contributed by atoms with Gasteiger partial charge in [-0.15, -0.1) is 0 Å². The van der Waals surface area contributed by atoms with E-state index in [1.807, 2.05) is 12.1 Å². The van der Waals surface area contributed by atoms with Crippen molar-refractivity contribution in [3.63, 3.8) is 0 Å². The number of fused-ring (bicyclic) bond motifs is 7. The standard InChI is InChI=1S/C28H20NO2/c1-15-12-21-26-24(14-20-19-10-6-7-11-22(19)31-28(20)21)30-23-13-17-8-4-5-9-18(17)16(2)25(23)27(26)29(15)3/h4-14H,1-3H3/q+1. The molecule has 4 aromatic carbocycles. The molecule has 1 aliphatic heterocycles. The highest BCUT2D eigenvalue weighted by atomic mass is 16.5. The summed E-state index contributed by atoms with van der Waals surface area (Å²) in [6.07, 6.45) is 0. The Labute approximate surface area is 179 Å². The van der Waals surface area contributed by atoms with Crippen molar-refractivity contribution in [3.8, 4) is 22.8 Å². The highest BCUT2D eigenvalue weighted by Crippen LogP contribution is 2.51. The van der Waals surface area contributed by atoms with Gasteiger partial charge < -0.3 is 9.15 Å². The van der Waals surface area contributed by atoms with Crippen molar-refractivity contribution in [2.24, 2.45) is 7.05 Å². The van der Waals surface area contributed by atoms with Crippen molar-refractivity contribution < 1.29 is 13.7 Å². The highest BCUT2D eigenvalue weighted by molar-refractivity contribution is 6.20. The summed E-state index contributed by atoms with van der Waals surface area (Å²) in [5.74, 6) is 1.81. The van der Waals surface area contributed by atoms with Crippen LogP contribution in [0, 0.1) is 13.8 Å². The number of furan rings is 1. The van der Waals surface area contributed by atoms with E-state index in [2.05, 4.69) is 80.1 Å². The molecule has 31 heavy (non-hydrogen) atoms. The summed E-state index contributed by atoms with van der Waals surface area (Å²) < 4.78 is 15.2. The molecule has 7 rings (SSSR count). The van der Waals surface area contributed by atoms with Crippen LogP contribution in [0.4, 0.5) is 0 Å². The molecule has 6 aromatic rings. The Morgan fingerprint density at radius 1 is 0.742 bits per heavy atom. The molecule has 0 saturated carbocycles. The first-order valence-corrected chi connectivity index (χ1v) is 10.6. The van der Waals surface area contributed by atoms with Gasteiger partial charge in [0.2, 0.25) is 5.69 Å². The predicted octanol–water partition coefficient (Wildman–Crippen LogP) is 7.11. The van der Waals surface area contributed by atoms with E-state index in [1.54, 1.807) is 0 Å². The molecule has 0 amide bonds. The zero-order valence-electron chi connectivity index (χ0n) is 17.6. The van der Waals surface area contributed by atoms with Crippen molar-refractivity contribution in [2.75, 3.05) is 0 Å². The molecule has 3 nitrogen and oxygen atoms in total. The van der Waals surface area contributed by atoms with Gasteiger partial charge in [-0.2, -0.15) is 4.57 Å². The Balaban J connectivity index is 1.73. The van der Waals surface area contributed by atoms with Crippen LogP contribution in [0.5, 0.6) is 11.5 Å². The summed E-state index contributed by atoms with van der Waals surface area (Å²) >= 11 is 0. The number of para-hydroxylation sites is 1. The van der Waals surface area contributed by atoms with Gasteiger partial charge in [-0.05, 0) is 41.5 Å². The van der Waals surface area contributed by atoms with Crippen LogP contribution in [0.15, 0.2) is 71.1 Å². The Hall–Kier alpha value is -3.85. The number of hydrogen-bond donors (Lipinski definition) is 0. The number of pyridine rings is 1. The van der Waals surface area contributed by atoms with Crippen LogP contribution in [0.25, 0.3) is 54.7 Å². The lowest BCUT2D eigenvalue weighted by Crippen LogP contribution is -2.35. The van der Waals surface area contributed by atoms with Crippen molar-refractivity contribution in [2.45, 2.75) is 13.8 Å². The average molecular weight is 402 g/mol. The van der Waals surface area contributed by atoms with Crippen LogP contribution in [0.2, 0.25) is 0 Å². The first kappa shape index (κ1) is 16.9. The summed E-state index contributed by atoms with van der Waals surface area (Å²) in [5, 5.41) is 6.89. The molecule has 0 radical (unpaired) electrons. The molecule has 3 heteroatoms. The second-order valence-corrected chi connectivity index (χ2v) is 8.53. The summed E-state index contributed by atoms with van der Waals surface area (Å²) in [7, 11) is 2.14. The molecule has 3 heterocycles. The van der Waals surface area contributed by atoms with E-state index < -0.39 is 0 Å². The zero-order chi connectivity index (χ0) is 20.9. The van der Waals surface area contributed by atoms with Gasteiger partial charge in [0.05, 0.1) is 5.56 Å². The number of nitrogens with zero attached hydrogens (tertiary/aromatic N) is 1. The lowest BCUT2D eigenvalue weighted by Gasteiger charge is -2.22. The van der Waals surface area contributed by atoms with E-state index in [0.717, 1.165) is 49.8 Å². The minimum Gasteiger partial charge on any atom is -0.455 e. The summed E-state index contributed by atoms with van der Waals surface area (Å²) in [6, 6.07) is 23.3. The fourth-order valence-electron chi connectivity index (χ4n) is 5.25. The maximum Gasteiger partial charge on any atom is 0.228 e. The number of benzene rings is 4. The molecule has 1 aliphatic rings. The number of aromatic nitrogens is 1. The fraction of sp³-hybridized carbons (Fsp3) is 0.107. The number of hydrogen-bond acceptors (Lipinski definition) is 2. The van der Waals surface area contributed by atoms with Crippen molar-refractivity contribution in [1.82, 2.24) is 0 Å². The molecule has 0 aliphatic carbocycles. The van der Waals surface area contributed by atoms with Gasteiger partial charge in [0, 0.05) is 29.1 Å². The maximum absolute atomic E-state index is 6.60. The predicted molar refractivity (Wildman–Crippen MR) is 125 cm³/mol. The molecule has 0 saturated heterocycles. The molecule has 0 unspecified atom stereocenters. The normalized spacial score (nSPS) is 12.6. The van der Waals surface area contributed by atoms with E-state index in [0.29, 0.717) is 0 Å². The van der Waals surface area contributed by atoms with Gasteiger partial charge >= 0.3 is 0 Å². The van der Waals surface area contributed by atoms with Gasteiger partial charge in [-0.3, -0.25) is 0 Å². The van der Waals surface area contributed by atoms with Crippen molar-refractivity contribution in [3.05, 3.63) is 78.0 Å². The van der Waals surface area contributed by atoms with E-state index in [1.165, 1.54) is 27.7 Å². The monoisotopic (exact) mass is 402 g/mol. The van der Waals surface area contributed by atoms with Gasteiger partial charge in [0.25, 0.3) is 0 Å². The fourth-order valence-corrected chi connectivity index (χ4v) is 5.25. The second kappa shape index (κ2) is 5.64. The highest BCUT2D eigenvalue weighted by Gasteiger charge is 2.33. The van der Waals surface area contributed by atoms with E-state index in [9.17, 15) is 0 Å². The minimum absolute atomic E-state index is 0.891. The topological polar surface area (TPSA) is 26.2 Å². The van der Waals surface area contributed by atoms with E-state index >= 15 is 0 Å². The Morgan fingerprint density at radius 2 is 1.52 bits per heavy atom. The van der Waals surface area contributed by atoms with Crippen LogP contribution in [0.1, 0.15) is 11.3 Å². The van der Waals surface area contributed by atoms with Crippen LogP contribution in [-0.4, -0.2) is 0 Å². The Morgan fingerprint density at radius 3 is 2.39 bits per heavy atom. The smallest absolute Gasteiger partial charge is 0.228 e. The van der Waals surface area contributed by atoms with Crippen LogP contribution in [-0.2, 0) is 7.05 Å².